The first-order valence-corrected chi connectivity index (χ1v) is 15.2. The number of benzene rings is 5. The maximum absolute atomic E-state index is 14.7. The van der Waals surface area contributed by atoms with Gasteiger partial charge in [-0.05, 0) is 75.5 Å². The molecule has 0 fully saturated rings. The van der Waals surface area contributed by atoms with Crippen LogP contribution in [0.15, 0.2) is 97.1 Å². The van der Waals surface area contributed by atoms with E-state index in [9.17, 15) is 17.6 Å². The highest BCUT2D eigenvalue weighted by atomic mass is 127. The van der Waals surface area contributed by atoms with E-state index in [2.05, 4.69) is 0 Å². The van der Waals surface area contributed by atoms with Gasteiger partial charge in [-0.2, -0.15) is 0 Å². The summed E-state index contributed by atoms with van der Waals surface area (Å²) < 4.78 is 70.6. The maximum Gasteiger partial charge on any atom is 0.492 e. The Kier molecular flexibility index (Phi) is 14.0. The average Bonchev–Trinajstić information content (AvgIpc) is 3.07. The summed E-state index contributed by atoms with van der Waals surface area (Å²) in [5.41, 5.74) is 1.70. The Balaban J connectivity index is 0.000000217. The summed E-state index contributed by atoms with van der Waals surface area (Å²) in [5.74, 6) is -1.88. The Morgan fingerprint density at radius 2 is 0.822 bits per heavy atom. The molecule has 0 unspecified atom stereocenters. The Bertz CT molecular complexity index is 1640. The smallest absolute Gasteiger partial charge is 0.492 e. The fourth-order valence-electron chi connectivity index (χ4n) is 4.08. The van der Waals surface area contributed by atoms with Crippen LogP contribution in [0, 0.1) is 30.4 Å². The van der Waals surface area contributed by atoms with E-state index in [0.29, 0.717) is 41.0 Å². The van der Waals surface area contributed by atoms with Crippen LogP contribution in [-0.4, -0.2) is 38.5 Å². The van der Waals surface area contributed by atoms with Gasteiger partial charge in [0.25, 0.3) is 0 Å². The zero-order chi connectivity index (χ0) is 33.1. The molecule has 0 saturated carbocycles. The number of halogens is 6. The third-order valence-corrected chi connectivity index (χ3v) is 7.95. The second kappa shape index (κ2) is 17.4. The number of methoxy groups -OCH3 is 3. The molecule has 0 aliphatic heterocycles. The average molecular weight is 844 g/mol. The highest BCUT2D eigenvalue weighted by molar-refractivity contribution is 14.1. The summed E-state index contributed by atoms with van der Waals surface area (Å²) in [4.78, 5) is 0. The fraction of sp³-hybridized carbons (Fsp3) is 0.0909. The fourth-order valence-corrected chi connectivity index (χ4v) is 4.91. The van der Waals surface area contributed by atoms with Gasteiger partial charge >= 0.3 is 7.12 Å². The molecule has 5 rings (SSSR count). The largest absolute Gasteiger partial charge is 0.497 e. The van der Waals surface area contributed by atoms with Crippen molar-refractivity contribution in [1.29, 1.82) is 0 Å². The lowest BCUT2D eigenvalue weighted by atomic mass is 9.80. The number of hydrogen-bond donors (Lipinski definition) is 2. The predicted octanol–water partition coefficient (Wildman–Crippen LogP) is 7.87. The minimum Gasteiger partial charge on any atom is -0.497 e. The first kappa shape index (κ1) is 36.1. The zero-order valence-corrected chi connectivity index (χ0v) is 28.5. The summed E-state index contributed by atoms with van der Waals surface area (Å²) >= 11 is 3.50. The van der Waals surface area contributed by atoms with Crippen molar-refractivity contribution in [3.8, 4) is 39.5 Å². The third kappa shape index (κ3) is 9.12. The lowest BCUT2D eigenvalue weighted by molar-refractivity contribution is 0.403. The molecule has 0 aromatic heterocycles. The van der Waals surface area contributed by atoms with Crippen LogP contribution in [0.1, 0.15) is 0 Å². The molecule has 234 valence electrons. The first-order chi connectivity index (χ1) is 21.5. The van der Waals surface area contributed by atoms with Crippen molar-refractivity contribution in [3.63, 3.8) is 0 Å². The van der Waals surface area contributed by atoms with Crippen molar-refractivity contribution < 1.29 is 41.8 Å². The molecule has 0 aliphatic rings. The van der Waals surface area contributed by atoms with Crippen LogP contribution in [0.5, 0.6) is 17.2 Å². The number of hydrogen-bond acceptors (Lipinski definition) is 5. The van der Waals surface area contributed by atoms with Crippen LogP contribution in [0.3, 0.4) is 0 Å². The quantitative estimate of drug-likeness (QED) is 0.0600. The lowest BCUT2D eigenvalue weighted by Gasteiger charge is -2.13. The molecule has 0 bridgehead atoms. The van der Waals surface area contributed by atoms with Gasteiger partial charge in [0.05, 0.1) is 28.5 Å². The topological polar surface area (TPSA) is 68.2 Å². The van der Waals surface area contributed by atoms with Crippen LogP contribution in [0.4, 0.5) is 17.6 Å². The van der Waals surface area contributed by atoms with E-state index in [1.54, 1.807) is 142 Å². The van der Waals surface area contributed by atoms with Crippen molar-refractivity contribution in [3.05, 3.63) is 127 Å². The molecule has 5 aromatic carbocycles. The van der Waals surface area contributed by atoms with Crippen molar-refractivity contribution in [2.75, 3.05) is 21.3 Å². The van der Waals surface area contributed by atoms with Crippen molar-refractivity contribution in [2.24, 2.45) is 0 Å². The van der Waals surface area contributed by atoms with Gasteiger partial charge in [-0.15, -0.1) is 0 Å². The van der Waals surface area contributed by atoms with E-state index in [1.165, 1.54) is 21.3 Å². The molecule has 0 amide bonds. The standard InChI is InChI=1S/C20H16F2O2.C7H9BO3.C6H2F2I2/c1-23-17-9-5-3-7-13(17)15-11-12-16(20(22)19(15)21)14-8-4-6-10-18(14)24-2;1-11-7-5-3-2-4-6(7)8(9)10;7-5-3(9)1-2-4(10)6(5)8/h3-12H,1-2H3;2-5,9-10H,1H3;1-2H. The van der Waals surface area contributed by atoms with Gasteiger partial charge in [0, 0.05) is 27.7 Å². The molecule has 0 atom stereocenters. The second-order valence-corrected chi connectivity index (χ2v) is 11.3. The van der Waals surface area contributed by atoms with Crippen molar-refractivity contribution >= 4 is 57.8 Å². The van der Waals surface area contributed by atoms with Crippen LogP contribution >= 0.6 is 45.2 Å². The van der Waals surface area contributed by atoms with E-state index in [-0.39, 0.29) is 11.1 Å². The second-order valence-electron chi connectivity index (χ2n) is 8.96. The highest BCUT2D eigenvalue weighted by Crippen LogP contribution is 2.38. The number of para-hydroxylation sites is 3. The molecule has 0 spiro atoms. The maximum atomic E-state index is 14.7. The zero-order valence-electron chi connectivity index (χ0n) is 24.2. The van der Waals surface area contributed by atoms with Gasteiger partial charge < -0.3 is 24.3 Å². The summed E-state index contributed by atoms with van der Waals surface area (Å²) in [5, 5.41) is 17.6. The Morgan fingerprint density at radius 3 is 1.18 bits per heavy atom. The minimum atomic E-state index is -1.47. The van der Waals surface area contributed by atoms with E-state index < -0.39 is 30.4 Å². The summed E-state index contributed by atoms with van der Waals surface area (Å²) in [6.07, 6.45) is 0. The van der Waals surface area contributed by atoms with E-state index >= 15 is 0 Å². The van der Waals surface area contributed by atoms with Crippen molar-refractivity contribution in [1.82, 2.24) is 0 Å². The Hall–Kier alpha value is -3.34. The third-order valence-electron chi connectivity index (χ3n) is 6.28. The monoisotopic (exact) mass is 844 g/mol. The molecular weight excluding hydrogens is 817 g/mol. The SMILES string of the molecule is COc1ccccc1-c1ccc(-c2ccccc2OC)c(F)c1F.COc1ccccc1B(O)O.Fc1c(I)ccc(I)c1F. The van der Waals surface area contributed by atoms with Crippen LogP contribution < -0.4 is 19.7 Å². The van der Waals surface area contributed by atoms with Gasteiger partial charge in [-0.25, -0.2) is 17.6 Å². The van der Waals surface area contributed by atoms with Gasteiger partial charge in [-0.1, -0.05) is 66.7 Å². The molecule has 0 radical (unpaired) electrons. The van der Waals surface area contributed by atoms with Crippen LogP contribution in [0.2, 0.25) is 0 Å². The molecule has 2 N–H and O–H groups in total. The Labute approximate surface area is 286 Å². The van der Waals surface area contributed by atoms with Gasteiger partial charge in [0.2, 0.25) is 0 Å². The molecule has 0 saturated heterocycles. The van der Waals surface area contributed by atoms with Gasteiger partial charge in [0.1, 0.15) is 17.2 Å². The normalized spacial score (nSPS) is 10.1. The summed E-state index contributed by atoms with van der Waals surface area (Å²) in [6, 6.07) is 26.8. The Morgan fingerprint density at radius 1 is 0.467 bits per heavy atom. The summed E-state index contributed by atoms with van der Waals surface area (Å²) in [7, 11) is 3.01. The molecule has 5 aromatic rings. The molecule has 5 nitrogen and oxygen atoms in total. The lowest BCUT2D eigenvalue weighted by Crippen LogP contribution is -2.30. The molecule has 12 heteroatoms. The van der Waals surface area contributed by atoms with Crippen molar-refractivity contribution in [2.45, 2.75) is 0 Å². The van der Waals surface area contributed by atoms with Gasteiger partial charge in [0.15, 0.2) is 23.3 Å². The van der Waals surface area contributed by atoms with E-state index in [0.717, 1.165) is 0 Å². The van der Waals surface area contributed by atoms with E-state index in [1.807, 2.05) is 0 Å². The van der Waals surface area contributed by atoms with Crippen LogP contribution in [0.25, 0.3) is 22.3 Å². The number of ether oxygens (including phenoxy) is 3. The predicted molar refractivity (Wildman–Crippen MR) is 185 cm³/mol. The van der Waals surface area contributed by atoms with Crippen LogP contribution in [-0.2, 0) is 0 Å². The van der Waals surface area contributed by atoms with Gasteiger partial charge in [-0.3, -0.25) is 0 Å². The molecule has 0 aliphatic carbocycles. The molecular formula is C33H27BF4I2O5. The number of rotatable bonds is 6. The minimum absolute atomic E-state index is 0.156. The van der Waals surface area contributed by atoms with E-state index in [4.69, 9.17) is 24.3 Å². The summed E-state index contributed by atoms with van der Waals surface area (Å²) in [6.45, 7) is 0. The molecule has 45 heavy (non-hydrogen) atoms. The highest BCUT2D eigenvalue weighted by Gasteiger charge is 2.20. The molecule has 0 heterocycles. The first-order valence-electron chi connectivity index (χ1n) is 13.1.